The molecule has 1 unspecified atom stereocenters. The minimum atomic E-state index is -0.675. The Morgan fingerprint density at radius 1 is 1.40 bits per heavy atom. The number of nitrogen functional groups attached to an aromatic ring is 1. The van der Waals surface area contributed by atoms with Crippen molar-refractivity contribution in [3.63, 3.8) is 0 Å². The van der Waals surface area contributed by atoms with Crippen molar-refractivity contribution in [2.24, 2.45) is 0 Å². The van der Waals surface area contributed by atoms with E-state index in [0.717, 1.165) is 5.56 Å². The van der Waals surface area contributed by atoms with Gasteiger partial charge in [-0.25, -0.2) is 4.98 Å². The van der Waals surface area contributed by atoms with Gasteiger partial charge in [-0.2, -0.15) is 0 Å². The van der Waals surface area contributed by atoms with E-state index in [1.54, 1.807) is 24.4 Å². The van der Waals surface area contributed by atoms with Crippen LogP contribution in [0.3, 0.4) is 0 Å². The SMILES string of the molecule is Nc1ncccc1CC(O)c1ccco1. The van der Waals surface area contributed by atoms with Crippen LogP contribution in [0.4, 0.5) is 5.82 Å². The number of anilines is 1. The van der Waals surface area contributed by atoms with Crippen molar-refractivity contribution in [3.05, 3.63) is 48.0 Å². The van der Waals surface area contributed by atoms with E-state index in [4.69, 9.17) is 10.2 Å². The molecule has 78 valence electrons. The number of rotatable bonds is 3. The molecule has 15 heavy (non-hydrogen) atoms. The molecule has 0 aromatic carbocycles. The molecule has 2 aromatic rings. The Kier molecular flexibility index (Phi) is 2.69. The zero-order chi connectivity index (χ0) is 10.7. The van der Waals surface area contributed by atoms with Crippen LogP contribution in [-0.2, 0) is 6.42 Å². The van der Waals surface area contributed by atoms with Gasteiger partial charge in [0.15, 0.2) is 0 Å². The summed E-state index contributed by atoms with van der Waals surface area (Å²) in [7, 11) is 0. The summed E-state index contributed by atoms with van der Waals surface area (Å²) in [6, 6.07) is 7.11. The molecule has 0 aliphatic carbocycles. The monoisotopic (exact) mass is 204 g/mol. The standard InChI is InChI=1S/C11H12N2O2/c12-11-8(3-1-5-13-11)7-9(14)10-4-2-6-15-10/h1-6,9,14H,7H2,(H2,12,13). The van der Waals surface area contributed by atoms with Gasteiger partial charge in [0.25, 0.3) is 0 Å². The molecule has 0 aliphatic rings. The van der Waals surface area contributed by atoms with Gasteiger partial charge in [-0.15, -0.1) is 0 Å². The van der Waals surface area contributed by atoms with Crippen LogP contribution in [0, 0.1) is 0 Å². The third-order valence-corrected chi connectivity index (χ3v) is 2.21. The van der Waals surface area contributed by atoms with E-state index in [9.17, 15) is 5.11 Å². The first kappa shape index (κ1) is 9.73. The third kappa shape index (κ3) is 2.16. The first-order valence-corrected chi connectivity index (χ1v) is 4.68. The van der Waals surface area contributed by atoms with Gasteiger partial charge >= 0.3 is 0 Å². The number of hydrogen-bond acceptors (Lipinski definition) is 4. The Hall–Kier alpha value is -1.81. The highest BCUT2D eigenvalue weighted by molar-refractivity contribution is 5.39. The van der Waals surface area contributed by atoms with Crippen molar-refractivity contribution in [2.75, 3.05) is 5.73 Å². The number of nitrogens with two attached hydrogens (primary N) is 1. The van der Waals surface area contributed by atoms with Gasteiger partial charge in [-0.1, -0.05) is 6.07 Å². The number of pyridine rings is 1. The van der Waals surface area contributed by atoms with Crippen LogP contribution < -0.4 is 5.73 Å². The molecule has 0 bridgehead atoms. The molecule has 2 aromatic heterocycles. The molecule has 3 N–H and O–H groups in total. The molecule has 0 fully saturated rings. The number of aliphatic hydroxyl groups excluding tert-OH is 1. The number of nitrogens with zero attached hydrogens (tertiary/aromatic N) is 1. The van der Waals surface area contributed by atoms with Crippen molar-refractivity contribution in [2.45, 2.75) is 12.5 Å². The maximum atomic E-state index is 9.81. The zero-order valence-electron chi connectivity index (χ0n) is 8.13. The molecule has 0 radical (unpaired) electrons. The second-order valence-electron chi connectivity index (χ2n) is 3.28. The van der Waals surface area contributed by atoms with E-state index in [0.29, 0.717) is 18.0 Å². The normalized spacial score (nSPS) is 12.6. The molecule has 1 atom stereocenters. The van der Waals surface area contributed by atoms with Crippen LogP contribution in [0.15, 0.2) is 41.1 Å². The average Bonchev–Trinajstić information content (AvgIpc) is 2.74. The summed E-state index contributed by atoms with van der Waals surface area (Å²) >= 11 is 0. The predicted molar refractivity (Wildman–Crippen MR) is 56.0 cm³/mol. The molecular formula is C11H12N2O2. The highest BCUT2D eigenvalue weighted by Gasteiger charge is 2.12. The lowest BCUT2D eigenvalue weighted by Crippen LogP contribution is -2.04. The van der Waals surface area contributed by atoms with Crippen LogP contribution in [0.2, 0.25) is 0 Å². The first-order chi connectivity index (χ1) is 7.27. The molecule has 2 rings (SSSR count). The second kappa shape index (κ2) is 4.14. The van der Waals surface area contributed by atoms with Crippen molar-refractivity contribution >= 4 is 5.82 Å². The number of aliphatic hydroxyl groups is 1. The average molecular weight is 204 g/mol. The summed E-state index contributed by atoms with van der Waals surface area (Å²) in [5, 5.41) is 9.81. The molecule has 0 saturated carbocycles. The second-order valence-corrected chi connectivity index (χ2v) is 3.28. The van der Waals surface area contributed by atoms with Crippen LogP contribution in [-0.4, -0.2) is 10.1 Å². The first-order valence-electron chi connectivity index (χ1n) is 4.68. The van der Waals surface area contributed by atoms with Gasteiger partial charge < -0.3 is 15.3 Å². The molecule has 0 spiro atoms. The Balaban J connectivity index is 2.13. The van der Waals surface area contributed by atoms with Crippen molar-refractivity contribution in [3.8, 4) is 0 Å². The van der Waals surface area contributed by atoms with Crippen molar-refractivity contribution in [1.29, 1.82) is 0 Å². The van der Waals surface area contributed by atoms with Gasteiger partial charge in [0.2, 0.25) is 0 Å². The molecule has 4 nitrogen and oxygen atoms in total. The Morgan fingerprint density at radius 3 is 2.93 bits per heavy atom. The maximum absolute atomic E-state index is 9.81. The van der Waals surface area contributed by atoms with Gasteiger partial charge in [0.1, 0.15) is 17.7 Å². The summed E-state index contributed by atoms with van der Waals surface area (Å²) in [5.74, 6) is 0.987. The fraction of sp³-hybridized carbons (Fsp3) is 0.182. The summed E-state index contributed by atoms with van der Waals surface area (Å²) in [6.45, 7) is 0. The summed E-state index contributed by atoms with van der Waals surface area (Å²) in [4.78, 5) is 3.95. The molecular weight excluding hydrogens is 192 g/mol. The van der Waals surface area contributed by atoms with E-state index in [1.807, 2.05) is 6.07 Å². The van der Waals surface area contributed by atoms with Crippen LogP contribution >= 0.6 is 0 Å². The largest absolute Gasteiger partial charge is 0.467 e. The van der Waals surface area contributed by atoms with Gasteiger partial charge in [-0.05, 0) is 23.8 Å². The van der Waals surface area contributed by atoms with E-state index in [1.165, 1.54) is 6.26 Å². The number of furan rings is 1. The quantitative estimate of drug-likeness (QED) is 0.795. The topological polar surface area (TPSA) is 72.3 Å². The van der Waals surface area contributed by atoms with Crippen molar-refractivity contribution in [1.82, 2.24) is 4.98 Å². The van der Waals surface area contributed by atoms with E-state index >= 15 is 0 Å². The molecule has 4 heteroatoms. The highest BCUT2D eigenvalue weighted by Crippen LogP contribution is 2.20. The Morgan fingerprint density at radius 2 is 2.27 bits per heavy atom. The minimum absolute atomic E-state index is 0.410. The number of hydrogen-bond donors (Lipinski definition) is 2. The fourth-order valence-electron chi connectivity index (χ4n) is 1.41. The van der Waals surface area contributed by atoms with E-state index in [2.05, 4.69) is 4.98 Å². The summed E-state index contributed by atoms with van der Waals surface area (Å²) in [5.41, 5.74) is 6.49. The smallest absolute Gasteiger partial charge is 0.132 e. The molecule has 2 heterocycles. The minimum Gasteiger partial charge on any atom is -0.467 e. The van der Waals surface area contributed by atoms with Gasteiger partial charge in [0.05, 0.1) is 6.26 Å². The van der Waals surface area contributed by atoms with E-state index < -0.39 is 6.10 Å². The zero-order valence-corrected chi connectivity index (χ0v) is 8.13. The predicted octanol–water partition coefficient (Wildman–Crippen LogP) is 1.53. The Labute approximate surface area is 87.4 Å². The van der Waals surface area contributed by atoms with Gasteiger partial charge in [-0.3, -0.25) is 0 Å². The van der Waals surface area contributed by atoms with Crippen molar-refractivity contribution < 1.29 is 9.52 Å². The Bertz CT molecular complexity index is 426. The molecule has 0 aliphatic heterocycles. The van der Waals surface area contributed by atoms with Gasteiger partial charge in [0, 0.05) is 12.6 Å². The summed E-state index contributed by atoms with van der Waals surface area (Å²) in [6.07, 6.45) is 2.89. The lowest BCUT2D eigenvalue weighted by Gasteiger charge is -2.08. The lowest BCUT2D eigenvalue weighted by atomic mass is 10.1. The van der Waals surface area contributed by atoms with Crippen LogP contribution in [0.25, 0.3) is 0 Å². The highest BCUT2D eigenvalue weighted by atomic mass is 16.4. The van der Waals surface area contributed by atoms with Crippen LogP contribution in [0.1, 0.15) is 17.4 Å². The lowest BCUT2D eigenvalue weighted by molar-refractivity contribution is 0.150. The third-order valence-electron chi connectivity index (χ3n) is 2.21. The van der Waals surface area contributed by atoms with E-state index in [-0.39, 0.29) is 0 Å². The summed E-state index contributed by atoms with van der Waals surface area (Å²) < 4.78 is 5.10. The molecule has 0 saturated heterocycles. The number of aromatic nitrogens is 1. The maximum Gasteiger partial charge on any atom is 0.132 e. The van der Waals surface area contributed by atoms with Crippen LogP contribution in [0.5, 0.6) is 0 Å². The molecule has 0 amide bonds. The fourth-order valence-corrected chi connectivity index (χ4v) is 1.41.